The molecule has 1 saturated carbocycles. The third-order valence-electron chi connectivity index (χ3n) is 4.79. The van der Waals surface area contributed by atoms with Crippen molar-refractivity contribution in [2.75, 3.05) is 18.6 Å². The Kier molecular flexibility index (Phi) is 4.27. The molecule has 2 saturated heterocycles. The van der Waals surface area contributed by atoms with E-state index in [1.165, 1.54) is 11.8 Å². The number of nitrogens with zero attached hydrogens (tertiary/aromatic N) is 2. The molecule has 3 fully saturated rings. The standard InChI is InChI=1S/C17H20N2O4S2/c1-23-13-4-2-3-11(7-13)8-19-14-9-25(21,22)10-15(14)24-17(19)18-16(20)12-5-6-12/h2-4,7,12,14-15H,5-6,8-10H2,1H3/t14-,15+/m0/s1. The number of hydrogen-bond acceptors (Lipinski definition) is 5. The molecule has 1 amide bonds. The number of sulfone groups is 1. The van der Waals surface area contributed by atoms with Crippen LogP contribution in [0.15, 0.2) is 29.3 Å². The van der Waals surface area contributed by atoms with Crippen LogP contribution >= 0.6 is 11.8 Å². The number of ether oxygens (including phenoxy) is 1. The summed E-state index contributed by atoms with van der Waals surface area (Å²) in [6.07, 6.45) is 1.83. The highest BCUT2D eigenvalue weighted by Crippen LogP contribution is 2.40. The first-order valence-corrected chi connectivity index (χ1v) is 11.0. The molecule has 1 aliphatic carbocycles. The van der Waals surface area contributed by atoms with E-state index in [-0.39, 0.29) is 34.6 Å². The van der Waals surface area contributed by atoms with Crippen LogP contribution in [0, 0.1) is 5.92 Å². The van der Waals surface area contributed by atoms with Gasteiger partial charge in [-0.15, -0.1) is 0 Å². The van der Waals surface area contributed by atoms with Crippen molar-refractivity contribution in [3.05, 3.63) is 29.8 Å². The van der Waals surface area contributed by atoms with Gasteiger partial charge in [-0.3, -0.25) is 4.79 Å². The van der Waals surface area contributed by atoms with Crippen molar-refractivity contribution in [2.45, 2.75) is 30.7 Å². The van der Waals surface area contributed by atoms with Crippen LogP contribution in [-0.2, 0) is 21.2 Å². The number of aliphatic imine (C=N–C) groups is 1. The van der Waals surface area contributed by atoms with Crippen molar-refractivity contribution < 1.29 is 17.9 Å². The van der Waals surface area contributed by atoms with Crippen molar-refractivity contribution in [1.82, 2.24) is 4.90 Å². The molecule has 8 heteroatoms. The van der Waals surface area contributed by atoms with Gasteiger partial charge in [-0.1, -0.05) is 23.9 Å². The number of amidine groups is 1. The van der Waals surface area contributed by atoms with Crippen LogP contribution in [0.3, 0.4) is 0 Å². The SMILES string of the molecule is COc1cccc(CN2C(=NC(=O)C3CC3)S[C@@H]3CS(=O)(=O)C[C@@H]32)c1. The predicted molar refractivity (Wildman–Crippen MR) is 97.5 cm³/mol. The molecule has 0 bridgehead atoms. The second-order valence-corrected chi connectivity index (χ2v) is 10.1. The van der Waals surface area contributed by atoms with Gasteiger partial charge in [-0.25, -0.2) is 8.42 Å². The van der Waals surface area contributed by atoms with Crippen molar-refractivity contribution in [2.24, 2.45) is 10.9 Å². The normalized spacial score (nSPS) is 29.0. The van der Waals surface area contributed by atoms with E-state index in [4.69, 9.17) is 4.74 Å². The zero-order valence-corrected chi connectivity index (χ0v) is 15.6. The molecular formula is C17H20N2O4S2. The summed E-state index contributed by atoms with van der Waals surface area (Å²) >= 11 is 1.44. The Morgan fingerprint density at radius 2 is 2.16 bits per heavy atom. The minimum absolute atomic E-state index is 0.0404. The number of amides is 1. The summed E-state index contributed by atoms with van der Waals surface area (Å²) < 4.78 is 29.3. The Morgan fingerprint density at radius 3 is 2.88 bits per heavy atom. The average molecular weight is 380 g/mol. The number of hydrogen-bond donors (Lipinski definition) is 0. The third kappa shape index (κ3) is 3.55. The monoisotopic (exact) mass is 380 g/mol. The lowest BCUT2D eigenvalue weighted by Gasteiger charge is -2.24. The molecular weight excluding hydrogens is 360 g/mol. The molecule has 6 nitrogen and oxygen atoms in total. The summed E-state index contributed by atoms with van der Waals surface area (Å²) in [5, 5.41) is 0.631. The van der Waals surface area contributed by atoms with Crippen molar-refractivity contribution >= 4 is 32.7 Å². The van der Waals surface area contributed by atoms with Crippen LogP contribution in [0.25, 0.3) is 0 Å². The highest BCUT2D eigenvalue weighted by molar-refractivity contribution is 8.15. The zero-order chi connectivity index (χ0) is 17.6. The van der Waals surface area contributed by atoms with E-state index in [9.17, 15) is 13.2 Å². The molecule has 4 rings (SSSR count). The first kappa shape index (κ1) is 16.9. The van der Waals surface area contributed by atoms with Crippen LogP contribution in [0.5, 0.6) is 5.75 Å². The topological polar surface area (TPSA) is 76.0 Å². The van der Waals surface area contributed by atoms with E-state index in [1.54, 1.807) is 7.11 Å². The van der Waals surface area contributed by atoms with E-state index >= 15 is 0 Å². The van der Waals surface area contributed by atoms with Crippen molar-refractivity contribution in [3.8, 4) is 5.75 Å². The number of carbonyl (C=O) groups is 1. The highest BCUT2D eigenvalue weighted by atomic mass is 32.2. The van der Waals surface area contributed by atoms with E-state index in [0.717, 1.165) is 24.2 Å². The molecule has 25 heavy (non-hydrogen) atoms. The molecule has 2 atom stereocenters. The molecule has 1 aromatic carbocycles. The van der Waals surface area contributed by atoms with Gasteiger partial charge in [0, 0.05) is 17.7 Å². The van der Waals surface area contributed by atoms with Crippen LogP contribution < -0.4 is 4.74 Å². The van der Waals surface area contributed by atoms with Gasteiger partial charge >= 0.3 is 0 Å². The average Bonchev–Trinajstić information content (AvgIpc) is 3.32. The number of carbonyl (C=O) groups excluding carboxylic acids is 1. The highest BCUT2D eigenvalue weighted by Gasteiger charge is 2.49. The van der Waals surface area contributed by atoms with Gasteiger partial charge in [0.1, 0.15) is 5.75 Å². The van der Waals surface area contributed by atoms with Crippen molar-refractivity contribution in [3.63, 3.8) is 0 Å². The molecule has 1 aromatic rings. The Morgan fingerprint density at radius 1 is 1.36 bits per heavy atom. The maximum absolute atomic E-state index is 12.1. The van der Waals surface area contributed by atoms with E-state index < -0.39 is 9.84 Å². The zero-order valence-electron chi connectivity index (χ0n) is 13.9. The molecule has 0 radical (unpaired) electrons. The summed E-state index contributed by atoms with van der Waals surface area (Å²) in [7, 11) is -1.41. The lowest BCUT2D eigenvalue weighted by molar-refractivity contribution is -0.118. The Hall–Kier alpha value is -1.54. The maximum atomic E-state index is 12.1. The molecule has 3 aliphatic rings. The minimum atomic E-state index is -3.03. The lowest BCUT2D eigenvalue weighted by atomic mass is 10.1. The number of methoxy groups -OCH3 is 1. The number of fused-ring (bicyclic) bond motifs is 1. The summed E-state index contributed by atoms with van der Waals surface area (Å²) in [6.45, 7) is 0.525. The second kappa shape index (κ2) is 6.32. The molecule has 0 spiro atoms. The van der Waals surface area contributed by atoms with E-state index in [0.29, 0.717) is 11.7 Å². The fourth-order valence-electron chi connectivity index (χ4n) is 3.30. The summed E-state index contributed by atoms with van der Waals surface area (Å²) in [5.41, 5.74) is 1.01. The Labute approximate surface area is 151 Å². The quantitative estimate of drug-likeness (QED) is 0.791. The molecule has 2 heterocycles. The summed E-state index contributed by atoms with van der Waals surface area (Å²) in [4.78, 5) is 18.5. The minimum Gasteiger partial charge on any atom is -0.497 e. The van der Waals surface area contributed by atoms with Gasteiger partial charge in [0.25, 0.3) is 5.91 Å². The van der Waals surface area contributed by atoms with E-state index in [2.05, 4.69) is 4.99 Å². The van der Waals surface area contributed by atoms with Gasteiger partial charge in [0.2, 0.25) is 0 Å². The molecule has 0 unspecified atom stereocenters. The van der Waals surface area contributed by atoms with Crippen LogP contribution in [0.2, 0.25) is 0 Å². The fourth-order valence-corrected chi connectivity index (χ4v) is 7.26. The first-order valence-electron chi connectivity index (χ1n) is 8.34. The third-order valence-corrected chi connectivity index (χ3v) is 8.04. The van der Waals surface area contributed by atoms with Crippen molar-refractivity contribution in [1.29, 1.82) is 0 Å². The molecule has 134 valence electrons. The van der Waals surface area contributed by atoms with Crippen LogP contribution in [-0.4, -0.2) is 54.3 Å². The number of thioether (sulfide) groups is 1. The second-order valence-electron chi connectivity index (χ2n) is 6.79. The molecule has 0 aromatic heterocycles. The number of rotatable bonds is 4. The van der Waals surface area contributed by atoms with Gasteiger partial charge in [0.05, 0.1) is 24.7 Å². The van der Waals surface area contributed by atoms with Crippen LogP contribution in [0.4, 0.5) is 0 Å². The van der Waals surface area contributed by atoms with E-state index in [1.807, 2.05) is 29.2 Å². The Bertz CT molecular complexity index is 833. The molecule has 0 N–H and O–H groups in total. The van der Waals surface area contributed by atoms with Gasteiger partial charge in [-0.05, 0) is 30.5 Å². The fraction of sp³-hybridized carbons (Fsp3) is 0.529. The van der Waals surface area contributed by atoms with Gasteiger partial charge < -0.3 is 9.64 Å². The lowest BCUT2D eigenvalue weighted by Crippen LogP contribution is -2.37. The largest absolute Gasteiger partial charge is 0.497 e. The summed E-state index contributed by atoms with van der Waals surface area (Å²) in [6, 6.07) is 7.57. The van der Waals surface area contributed by atoms with Gasteiger partial charge in [-0.2, -0.15) is 4.99 Å². The maximum Gasteiger partial charge on any atom is 0.251 e. The van der Waals surface area contributed by atoms with Gasteiger partial charge in [0.15, 0.2) is 15.0 Å². The Balaban J connectivity index is 1.62. The predicted octanol–water partition coefficient (Wildman–Crippen LogP) is 1.70. The molecule has 2 aliphatic heterocycles. The first-order chi connectivity index (χ1) is 11.9. The summed E-state index contributed by atoms with van der Waals surface area (Å²) in [5.74, 6) is 1.04. The van der Waals surface area contributed by atoms with Crippen LogP contribution in [0.1, 0.15) is 18.4 Å². The number of benzene rings is 1. The smallest absolute Gasteiger partial charge is 0.251 e.